The molecule has 0 spiro atoms. The summed E-state index contributed by atoms with van der Waals surface area (Å²) in [5.74, 6) is 5.05. The summed E-state index contributed by atoms with van der Waals surface area (Å²) in [6.45, 7) is 0.720. The first-order valence-corrected chi connectivity index (χ1v) is 3.27. The third-order valence-electron chi connectivity index (χ3n) is 1.21. The van der Waals surface area contributed by atoms with Gasteiger partial charge in [-0.15, -0.1) is 24.7 Å². The Balaban J connectivity index is 3.62. The van der Waals surface area contributed by atoms with Gasteiger partial charge in [0.25, 0.3) is 6.47 Å². The average molecular weight is 150 g/mol. The van der Waals surface area contributed by atoms with Gasteiger partial charge in [-0.2, -0.15) is 0 Å². The first kappa shape index (κ1) is 9.59. The zero-order valence-corrected chi connectivity index (χ0v) is 6.25. The molecule has 0 saturated carbocycles. The fourth-order valence-corrected chi connectivity index (χ4v) is 0.699. The largest absolute Gasteiger partial charge is 0.468 e. The van der Waals surface area contributed by atoms with E-state index < -0.39 is 0 Å². The van der Waals surface area contributed by atoms with Crippen molar-refractivity contribution in [2.45, 2.75) is 12.8 Å². The average Bonchev–Trinajstić information content (AvgIpc) is 2.01. The van der Waals surface area contributed by atoms with Gasteiger partial charge in [-0.25, -0.2) is 0 Å². The Labute approximate surface area is 66.9 Å². The third kappa shape index (κ3) is 5.06. The lowest BCUT2D eigenvalue weighted by molar-refractivity contribution is -0.129. The molecule has 0 radical (unpaired) electrons. The van der Waals surface area contributed by atoms with E-state index in [1.807, 2.05) is 0 Å². The topological polar surface area (TPSA) is 26.3 Å². The van der Waals surface area contributed by atoms with Gasteiger partial charge >= 0.3 is 0 Å². The molecule has 0 atom stereocenters. The summed E-state index contributed by atoms with van der Waals surface area (Å²) < 4.78 is 4.53. The highest BCUT2D eigenvalue weighted by atomic mass is 16.5. The van der Waals surface area contributed by atoms with E-state index in [0.717, 1.165) is 0 Å². The van der Waals surface area contributed by atoms with Crippen LogP contribution in [0.4, 0.5) is 0 Å². The van der Waals surface area contributed by atoms with Crippen molar-refractivity contribution in [2.75, 3.05) is 6.61 Å². The molecule has 0 unspecified atom stereocenters. The van der Waals surface area contributed by atoms with Gasteiger partial charge in [0.1, 0.15) is 0 Å². The van der Waals surface area contributed by atoms with E-state index in [4.69, 9.17) is 12.8 Å². The van der Waals surface area contributed by atoms with Gasteiger partial charge in [-0.3, -0.25) is 4.79 Å². The molecule has 0 N–H and O–H groups in total. The van der Waals surface area contributed by atoms with Crippen LogP contribution in [-0.2, 0) is 9.53 Å². The Kier molecular flexibility index (Phi) is 5.85. The minimum atomic E-state index is 0.107. The summed E-state index contributed by atoms with van der Waals surface area (Å²) in [5.41, 5.74) is 0. The number of rotatable bonds is 5. The van der Waals surface area contributed by atoms with Crippen LogP contribution in [0.15, 0.2) is 0 Å². The maximum Gasteiger partial charge on any atom is 0.293 e. The molecule has 0 amide bonds. The molecule has 0 aromatic heterocycles. The van der Waals surface area contributed by atoms with Crippen LogP contribution in [-0.4, -0.2) is 13.1 Å². The maximum atomic E-state index is 9.79. The normalized spacial score (nSPS) is 8.27. The summed E-state index contributed by atoms with van der Waals surface area (Å²) in [4.78, 5) is 9.79. The van der Waals surface area contributed by atoms with Gasteiger partial charge in [-0.05, 0) is 0 Å². The van der Waals surface area contributed by atoms with E-state index in [-0.39, 0.29) is 5.92 Å². The van der Waals surface area contributed by atoms with Crippen molar-refractivity contribution in [1.82, 2.24) is 0 Å². The summed E-state index contributed by atoms with van der Waals surface area (Å²) >= 11 is 0. The SMILES string of the molecule is C#CCC(CC#C)COC=O. The van der Waals surface area contributed by atoms with Gasteiger partial charge in [0.2, 0.25) is 0 Å². The quantitative estimate of drug-likeness (QED) is 0.428. The molecule has 2 nitrogen and oxygen atoms in total. The molecule has 0 aliphatic rings. The van der Waals surface area contributed by atoms with E-state index in [1.54, 1.807) is 0 Å². The number of terminal acetylenes is 2. The Bertz CT molecular complexity index is 167. The number of ether oxygens (including phenoxy) is 1. The van der Waals surface area contributed by atoms with E-state index in [1.165, 1.54) is 0 Å². The van der Waals surface area contributed by atoms with Gasteiger partial charge in [0, 0.05) is 18.8 Å². The van der Waals surface area contributed by atoms with Crippen molar-refractivity contribution in [3.05, 3.63) is 0 Å². The first-order chi connectivity index (χ1) is 5.35. The van der Waals surface area contributed by atoms with Crippen LogP contribution in [0.25, 0.3) is 0 Å². The number of carbonyl (C=O) groups is 1. The first-order valence-electron chi connectivity index (χ1n) is 3.27. The fourth-order valence-electron chi connectivity index (χ4n) is 0.699. The highest BCUT2D eigenvalue weighted by molar-refractivity contribution is 5.36. The molecule has 0 aromatic rings. The Morgan fingerprint density at radius 1 is 1.36 bits per heavy atom. The predicted octanol–water partition coefficient (Wildman–Crippen LogP) is 0.822. The fraction of sp³-hybridized carbons (Fsp3) is 0.444. The van der Waals surface area contributed by atoms with Crippen LogP contribution in [0.3, 0.4) is 0 Å². The lowest BCUT2D eigenvalue weighted by Crippen LogP contribution is -2.07. The van der Waals surface area contributed by atoms with E-state index in [2.05, 4.69) is 16.6 Å². The van der Waals surface area contributed by atoms with Gasteiger partial charge < -0.3 is 4.74 Å². The molecule has 0 heterocycles. The standard InChI is InChI=1S/C9H10O2/c1-3-5-9(6-4-2)7-11-8-10/h1-2,8-9H,5-7H2. The second kappa shape index (κ2) is 6.71. The highest BCUT2D eigenvalue weighted by Crippen LogP contribution is 2.06. The van der Waals surface area contributed by atoms with Crippen LogP contribution in [0, 0.1) is 30.6 Å². The van der Waals surface area contributed by atoms with Crippen molar-refractivity contribution in [1.29, 1.82) is 0 Å². The molecule has 0 aliphatic heterocycles. The Hall–Kier alpha value is -1.41. The number of carbonyl (C=O) groups excluding carboxylic acids is 1. The molecule has 0 rings (SSSR count). The van der Waals surface area contributed by atoms with Crippen molar-refractivity contribution >= 4 is 6.47 Å². The maximum absolute atomic E-state index is 9.79. The van der Waals surface area contributed by atoms with Crippen LogP contribution < -0.4 is 0 Å². The summed E-state index contributed by atoms with van der Waals surface area (Å²) in [5, 5.41) is 0. The van der Waals surface area contributed by atoms with E-state index >= 15 is 0 Å². The van der Waals surface area contributed by atoms with Gasteiger partial charge in [-0.1, -0.05) is 0 Å². The molecule has 0 saturated heterocycles. The Morgan fingerprint density at radius 2 is 1.91 bits per heavy atom. The summed E-state index contributed by atoms with van der Waals surface area (Å²) in [7, 11) is 0. The molecule has 0 bridgehead atoms. The lowest BCUT2D eigenvalue weighted by Gasteiger charge is -2.07. The van der Waals surface area contributed by atoms with Crippen molar-refractivity contribution < 1.29 is 9.53 Å². The van der Waals surface area contributed by atoms with E-state index in [9.17, 15) is 4.79 Å². The van der Waals surface area contributed by atoms with Crippen molar-refractivity contribution in [3.63, 3.8) is 0 Å². The molecule has 0 aliphatic carbocycles. The predicted molar refractivity (Wildman–Crippen MR) is 42.4 cm³/mol. The minimum Gasteiger partial charge on any atom is -0.468 e. The highest BCUT2D eigenvalue weighted by Gasteiger charge is 2.04. The van der Waals surface area contributed by atoms with E-state index in [0.29, 0.717) is 25.9 Å². The summed E-state index contributed by atoms with van der Waals surface area (Å²) in [6.07, 6.45) is 11.2. The van der Waals surface area contributed by atoms with Crippen LogP contribution in [0.1, 0.15) is 12.8 Å². The smallest absolute Gasteiger partial charge is 0.293 e. The molecule has 11 heavy (non-hydrogen) atoms. The van der Waals surface area contributed by atoms with Crippen LogP contribution in [0.5, 0.6) is 0 Å². The van der Waals surface area contributed by atoms with Gasteiger partial charge in [0.05, 0.1) is 6.61 Å². The second-order valence-corrected chi connectivity index (χ2v) is 2.11. The van der Waals surface area contributed by atoms with Crippen LogP contribution >= 0.6 is 0 Å². The summed E-state index contributed by atoms with van der Waals surface area (Å²) in [6, 6.07) is 0. The minimum absolute atomic E-state index is 0.107. The van der Waals surface area contributed by atoms with Crippen molar-refractivity contribution in [3.8, 4) is 24.7 Å². The zero-order chi connectivity index (χ0) is 8.53. The van der Waals surface area contributed by atoms with Gasteiger partial charge in [0.15, 0.2) is 0 Å². The van der Waals surface area contributed by atoms with Crippen LogP contribution in [0.2, 0.25) is 0 Å². The molecule has 58 valence electrons. The molecule has 0 fully saturated rings. The Morgan fingerprint density at radius 3 is 2.27 bits per heavy atom. The second-order valence-electron chi connectivity index (χ2n) is 2.11. The molecule has 0 aromatic carbocycles. The lowest BCUT2D eigenvalue weighted by atomic mass is 10.0. The third-order valence-corrected chi connectivity index (χ3v) is 1.21. The monoisotopic (exact) mass is 150 g/mol. The van der Waals surface area contributed by atoms with Crippen molar-refractivity contribution in [2.24, 2.45) is 5.92 Å². The number of hydrogen-bond acceptors (Lipinski definition) is 2. The molecular weight excluding hydrogens is 140 g/mol. The number of hydrogen-bond donors (Lipinski definition) is 0. The molecular formula is C9H10O2. The molecule has 2 heteroatoms. The zero-order valence-electron chi connectivity index (χ0n) is 6.25.